The second-order valence-electron chi connectivity index (χ2n) is 4.20. The lowest BCUT2D eigenvalue weighted by Gasteiger charge is -2.20. The Kier molecular flexibility index (Phi) is 5.61. The van der Waals surface area contributed by atoms with Gasteiger partial charge in [0.2, 0.25) is 5.91 Å². The largest absolute Gasteiger partial charge is 0.393 e. The molecule has 0 aromatic rings. The predicted molar refractivity (Wildman–Crippen MR) is 65.6 cm³/mol. The van der Waals surface area contributed by atoms with Crippen molar-refractivity contribution in [2.24, 2.45) is 11.7 Å². The van der Waals surface area contributed by atoms with Gasteiger partial charge in [-0.05, 0) is 25.7 Å². The van der Waals surface area contributed by atoms with Crippen LogP contribution in [0.1, 0.15) is 44.9 Å². The fourth-order valence-corrected chi connectivity index (χ4v) is 2.13. The summed E-state index contributed by atoms with van der Waals surface area (Å²) in [5.74, 6) is 0.473. The van der Waals surface area contributed by atoms with E-state index in [2.05, 4.69) is 5.32 Å². The molecule has 0 aromatic carbocycles. The van der Waals surface area contributed by atoms with Crippen molar-refractivity contribution in [1.29, 1.82) is 0 Å². The summed E-state index contributed by atoms with van der Waals surface area (Å²) >= 11 is 4.76. The van der Waals surface area contributed by atoms with Crippen molar-refractivity contribution in [1.82, 2.24) is 5.32 Å². The summed E-state index contributed by atoms with van der Waals surface area (Å²) in [4.78, 5) is 12.2. The molecular formula is C11H20N2OS. The number of hydrogen-bond acceptors (Lipinski definition) is 2. The van der Waals surface area contributed by atoms with Gasteiger partial charge in [-0.1, -0.05) is 31.5 Å². The molecule has 0 heterocycles. The molecule has 0 spiro atoms. The number of amides is 1. The molecule has 0 aliphatic heterocycles. The van der Waals surface area contributed by atoms with E-state index in [1.165, 1.54) is 19.3 Å². The lowest BCUT2D eigenvalue weighted by atomic mass is 9.89. The highest BCUT2D eigenvalue weighted by molar-refractivity contribution is 7.80. The van der Waals surface area contributed by atoms with Crippen LogP contribution in [0.2, 0.25) is 0 Å². The second kappa shape index (κ2) is 6.77. The molecule has 3 N–H and O–H groups in total. The highest BCUT2D eigenvalue weighted by Gasteiger charge is 2.20. The molecule has 1 amide bonds. The van der Waals surface area contributed by atoms with Crippen molar-refractivity contribution < 1.29 is 4.79 Å². The topological polar surface area (TPSA) is 55.1 Å². The third-order valence-corrected chi connectivity index (χ3v) is 3.08. The summed E-state index contributed by atoms with van der Waals surface area (Å²) in [6, 6.07) is 0. The van der Waals surface area contributed by atoms with Crippen LogP contribution in [0.25, 0.3) is 0 Å². The minimum atomic E-state index is 0.220. The average molecular weight is 228 g/mol. The van der Waals surface area contributed by atoms with Crippen LogP contribution < -0.4 is 11.1 Å². The number of hydrogen-bond donors (Lipinski definition) is 2. The van der Waals surface area contributed by atoms with Crippen LogP contribution in [0, 0.1) is 5.92 Å². The SMILES string of the molecule is NC(=S)CCCNC(=O)C1CCCCC1. The summed E-state index contributed by atoms with van der Waals surface area (Å²) in [6.07, 6.45) is 7.37. The van der Waals surface area contributed by atoms with Crippen LogP contribution in [0.3, 0.4) is 0 Å². The minimum Gasteiger partial charge on any atom is -0.393 e. The van der Waals surface area contributed by atoms with Gasteiger partial charge in [0.1, 0.15) is 0 Å². The van der Waals surface area contributed by atoms with Crippen LogP contribution in [-0.4, -0.2) is 17.4 Å². The molecule has 0 unspecified atom stereocenters. The first-order chi connectivity index (χ1) is 7.20. The highest BCUT2D eigenvalue weighted by atomic mass is 32.1. The Labute approximate surface area is 96.8 Å². The molecule has 0 saturated heterocycles. The molecule has 1 aliphatic rings. The normalized spacial score (nSPS) is 17.3. The molecular weight excluding hydrogens is 208 g/mol. The molecule has 1 saturated carbocycles. The van der Waals surface area contributed by atoms with E-state index < -0.39 is 0 Å². The van der Waals surface area contributed by atoms with Gasteiger partial charge in [0.25, 0.3) is 0 Å². The van der Waals surface area contributed by atoms with Gasteiger partial charge in [-0.2, -0.15) is 0 Å². The van der Waals surface area contributed by atoms with Gasteiger partial charge < -0.3 is 11.1 Å². The van der Waals surface area contributed by atoms with Gasteiger partial charge in [0, 0.05) is 12.5 Å². The number of carbonyl (C=O) groups is 1. The monoisotopic (exact) mass is 228 g/mol. The van der Waals surface area contributed by atoms with Crippen LogP contribution in [0.15, 0.2) is 0 Å². The van der Waals surface area contributed by atoms with Crippen molar-refractivity contribution in [2.75, 3.05) is 6.54 Å². The number of carbonyl (C=O) groups excluding carboxylic acids is 1. The van der Waals surface area contributed by atoms with Gasteiger partial charge in [0.05, 0.1) is 4.99 Å². The predicted octanol–water partition coefficient (Wildman–Crippen LogP) is 1.75. The van der Waals surface area contributed by atoms with Crippen molar-refractivity contribution in [2.45, 2.75) is 44.9 Å². The number of thiocarbonyl (C=S) groups is 1. The lowest BCUT2D eigenvalue weighted by molar-refractivity contribution is -0.125. The third kappa shape index (κ3) is 5.11. The minimum absolute atomic E-state index is 0.220. The van der Waals surface area contributed by atoms with Crippen LogP contribution in [-0.2, 0) is 4.79 Å². The first kappa shape index (κ1) is 12.4. The Bertz CT molecular complexity index is 225. The number of nitrogens with two attached hydrogens (primary N) is 1. The van der Waals surface area contributed by atoms with Crippen LogP contribution in [0.5, 0.6) is 0 Å². The van der Waals surface area contributed by atoms with E-state index in [-0.39, 0.29) is 11.8 Å². The zero-order chi connectivity index (χ0) is 11.1. The van der Waals surface area contributed by atoms with Crippen molar-refractivity contribution in [3.63, 3.8) is 0 Å². The number of rotatable bonds is 5. The first-order valence-electron chi connectivity index (χ1n) is 5.76. The van der Waals surface area contributed by atoms with Gasteiger partial charge in [0.15, 0.2) is 0 Å². The molecule has 1 fully saturated rings. The van der Waals surface area contributed by atoms with Gasteiger partial charge >= 0.3 is 0 Å². The lowest BCUT2D eigenvalue weighted by Crippen LogP contribution is -2.32. The van der Waals surface area contributed by atoms with E-state index in [4.69, 9.17) is 18.0 Å². The molecule has 0 bridgehead atoms. The maximum atomic E-state index is 11.7. The maximum Gasteiger partial charge on any atom is 0.223 e. The molecule has 3 nitrogen and oxygen atoms in total. The average Bonchev–Trinajstić information content (AvgIpc) is 2.25. The Morgan fingerprint density at radius 3 is 2.60 bits per heavy atom. The summed E-state index contributed by atoms with van der Waals surface area (Å²) in [5, 5.41) is 2.95. The summed E-state index contributed by atoms with van der Waals surface area (Å²) < 4.78 is 0. The van der Waals surface area contributed by atoms with Gasteiger partial charge in [-0.15, -0.1) is 0 Å². The molecule has 15 heavy (non-hydrogen) atoms. The summed E-state index contributed by atoms with van der Waals surface area (Å²) in [6.45, 7) is 0.701. The van der Waals surface area contributed by atoms with E-state index in [1.54, 1.807) is 0 Å². The van der Waals surface area contributed by atoms with Crippen LogP contribution in [0.4, 0.5) is 0 Å². The Morgan fingerprint density at radius 1 is 1.33 bits per heavy atom. The molecule has 0 atom stereocenters. The van der Waals surface area contributed by atoms with E-state index in [0.717, 1.165) is 25.7 Å². The molecule has 4 heteroatoms. The van der Waals surface area contributed by atoms with E-state index in [9.17, 15) is 4.79 Å². The Morgan fingerprint density at radius 2 is 2.00 bits per heavy atom. The quantitative estimate of drug-likeness (QED) is 0.557. The smallest absolute Gasteiger partial charge is 0.223 e. The van der Waals surface area contributed by atoms with Crippen molar-refractivity contribution in [3.8, 4) is 0 Å². The van der Waals surface area contributed by atoms with Gasteiger partial charge in [-0.3, -0.25) is 4.79 Å². The summed E-state index contributed by atoms with van der Waals surface area (Å²) in [7, 11) is 0. The molecule has 86 valence electrons. The van der Waals surface area contributed by atoms with Crippen molar-refractivity contribution >= 4 is 23.1 Å². The van der Waals surface area contributed by atoms with Crippen LogP contribution >= 0.6 is 12.2 Å². The highest BCUT2D eigenvalue weighted by Crippen LogP contribution is 2.23. The molecule has 1 aliphatic carbocycles. The molecule has 1 rings (SSSR count). The van der Waals surface area contributed by atoms with E-state index >= 15 is 0 Å². The zero-order valence-electron chi connectivity index (χ0n) is 9.13. The maximum absolute atomic E-state index is 11.7. The van der Waals surface area contributed by atoms with E-state index in [0.29, 0.717) is 11.5 Å². The first-order valence-corrected chi connectivity index (χ1v) is 6.17. The second-order valence-corrected chi connectivity index (χ2v) is 4.72. The van der Waals surface area contributed by atoms with Gasteiger partial charge in [-0.25, -0.2) is 0 Å². The standard InChI is InChI=1S/C11H20N2OS/c12-10(15)7-4-8-13-11(14)9-5-2-1-3-6-9/h9H,1-8H2,(H2,12,15)(H,13,14). The number of nitrogens with one attached hydrogen (secondary N) is 1. The Hall–Kier alpha value is -0.640. The van der Waals surface area contributed by atoms with Crippen molar-refractivity contribution in [3.05, 3.63) is 0 Å². The third-order valence-electron chi connectivity index (χ3n) is 2.88. The summed E-state index contributed by atoms with van der Waals surface area (Å²) in [5.41, 5.74) is 5.37. The molecule has 0 radical (unpaired) electrons. The fraction of sp³-hybridized carbons (Fsp3) is 0.818. The molecule has 0 aromatic heterocycles. The fourth-order valence-electron chi connectivity index (χ4n) is 1.98. The Balaban J connectivity index is 2.09. The van der Waals surface area contributed by atoms with E-state index in [1.807, 2.05) is 0 Å². The zero-order valence-corrected chi connectivity index (χ0v) is 9.94.